The quantitative estimate of drug-likeness (QED) is 0.0284. The molecule has 18 nitrogen and oxygen atoms in total. The van der Waals surface area contributed by atoms with Gasteiger partial charge in [0.15, 0.2) is 11.5 Å². The summed E-state index contributed by atoms with van der Waals surface area (Å²) in [5.74, 6) is -4.54. The number of hydrogen-bond donors (Lipinski definition) is 6. The summed E-state index contributed by atoms with van der Waals surface area (Å²) < 4.78 is 34.7. The van der Waals surface area contributed by atoms with Crippen LogP contribution >= 0.6 is 0 Å². The number of aromatic hydroxyl groups is 2. The number of likely N-dealkylation sites (N-methyl/N-ethyl adjacent to an activating group) is 1. The van der Waals surface area contributed by atoms with Crippen molar-refractivity contribution < 1.29 is 62.4 Å². The lowest BCUT2D eigenvalue weighted by Gasteiger charge is -2.23. The van der Waals surface area contributed by atoms with Crippen LogP contribution < -0.4 is 26.0 Å². The number of carbonyl (C=O) groups is 5. The number of rotatable bonds is 17. The Hall–Kier alpha value is -6.92. The van der Waals surface area contributed by atoms with Crippen molar-refractivity contribution in [2.24, 2.45) is 0 Å². The monoisotopic (exact) mass is 811 g/mol. The molecule has 0 radical (unpaired) electrons. The Bertz CT molecular complexity index is 2040. The van der Waals surface area contributed by atoms with E-state index < -0.39 is 81.6 Å². The van der Waals surface area contributed by atoms with Crippen molar-refractivity contribution in [1.29, 1.82) is 0 Å². The maximum absolute atomic E-state index is 14.0. The molecule has 0 aliphatic carbocycles. The van der Waals surface area contributed by atoms with Crippen molar-refractivity contribution in [1.82, 2.24) is 21.3 Å². The van der Waals surface area contributed by atoms with Crippen LogP contribution in [0.4, 0.5) is 19.7 Å². The SMILES string of the molecule is C=CCOC(=O)N[C@@H](Cc1cc(O)c(O)c(-c2cc(C[C@H](NC(=O)OC(C)(C)C)C(=O)OC)ccc2OC)c1)C(=O)N[C@@H](Cc1ccc(F)c([N+](=O)[O-])c1)C(=O)NC. The minimum Gasteiger partial charge on any atom is -0.504 e. The first-order chi connectivity index (χ1) is 27.3. The Morgan fingerprint density at radius 2 is 1.43 bits per heavy atom. The molecule has 0 saturated carbocycles. The normalized spacial score (nSPS) is 12.5. The van der Waals surface area contributed by atoms with E-state index in [1.807, 2.05) is 0 Å². The molecule has 0 spiro atoms. The summed E-state index contributed by atoms with van der Waals surface area (Å²) in [4.78, 5) is 75.0. The third-order valence-electron chi connectivity index (χ3n) is 8.23. The van der Waals surface area contributed by atoms with Crippen molar-refractivity contribution in [2.75, 3.05) is 27.9 Å². The Balaban J connectivity index is 2.03. The lowest BCUT2D eigenvalue weighted by molar-refractivity contribution is -0.387. The molecular formula is C39H46FN5O13. The molecule has 6 N–H and O–H groups in total. The summed E-state index contributed by atoms with van der Waals surface area (Å²) in [7, 11) is 3.79. The number of halogens is 1. The maximum atomic E-state index is 14.0. The molecule has 3 aromatic rings. The fourth-order valence-corrected chi connectivity index (χ4v) is 5.59. The molecule has 0 bridgehead atoms. The number of phenolic OH excluding ortho intramolecular Hbond substituents is 2. The smallest absolute Gasteiger partial charge is 0.408 e. The van der Waals surface area contributed by atoms with E-state index in [2.05, 4.69) is 27.8 Å². The van der Waals surface area contributed by atoms with Crippen molar-refractivity contribution in [3.05, 3.63) is 93.8 Å². The number of esters is 1. The molecule has 312 valence electrons. The molecule has 0 aromatic heterocycles. The minimum atomic E-state index is -1.50. The Kier molecular flexibility index (Phi) is 15.9. The number of hydrogen-bond acceptors (Lipinski definition) is 13. The predicted molar refractivity (Wildman–Crippen MR) is 206 cm³/mol. The summed E-state index contributed by atoms with van der Waals surface area (Å²) in [6.45, 7) is 8.20. The Morgan fingerprint density at radius 3 is 2.03 bits per heavy atom. The van der Waals surface area contributed by atoms with Crippen molar-refractivity contribution in [3.63, 3.8) is 0 Å². The molecule has 0 unspecified atom stereocenters. The highest BCUT2D eigenvalue weighted by molar-refractivity contribution is 5.92. The minimum absolute atomic E-state index is 0.00190. The first-order valence-electron chi connectivity index (χ1n) is 17.6. The van der Waals surface area contributed by atoms with Gasteiger partial charge in [0.1, 0.15) is 36.1 Å². The van der Waals surface area contributed by atoms with Crippen LogP contribution in [0.2, 0.25) is 0 Å². The van der Waals surface area contributed by atoms with Gasteiger partial charge < -0.3 is 50.4 Å². The molecule has 3 aromatic carbocycles. The number of ether oxygens (including phenoxy) is 4. The maximum Gasteiger partial charge on any atom is 0.408 e. The lowest BCUT2D eigenvalue weighted by atomic mass is 9.94. The van der Waals surface area contributed by atoms with E-state index in [0.717, 1.165) is 25.3 Å². The number of nitrogens with one attached hydrogen (secondary N) is 4. The lowest BCUT2D eigenvalue weighted by Crippen LogP contribution is -2.54. The molecular weight excluding hydrogens is 765 g/mol. The van der Waals surface area contributed by atoms with Crippen LogP contribution in [-0.4, -0.2) is 96.7 Å². The second kappa shape index (κ2) is 20.3. The van der Waals surface area contributed by atoms with Gasteiger partial charge >= 0.3 is 23.8 Å². The zero-order chi connectivity index (χ0) is 43.3. The molecule has 58 heavy (non-hydrogen) atoms. The second-order valence-electron chi connectivity index (χ2n) is 13.7. The molecule has 0 fully saturated rings. The number of alkyl carbamates (subject to hydrolysis) is 2. The second-order valence-corrected chi connectivity index (χ2v) is 13.7. The van der Waals surface area contributed by atoms with Crippen LogP contribution in [0.25, 0.3) is 11.1 Å². The van der Waals surface area contributed by atoms with Crippen LogP contribution in [-0.2, 0) is 47.9 Å². The summed E-state index contributed by atoms with van der Waals surface area (Å²) in [5, 5.41) is 43.1. The first-order valence-corrected chi connectivity index (χ1v) is 17.6. The van der Waals surface area contributed by atoms with E-state index in [9.17, 15) is 48.7 Å². The van der Waals surface area contributed by atoms with Crippen LogP contribution in [0.3, 0.4) is 0 Å². The molecule has 0 aliphatic rings. The molecule has 0 saturated heterocycles. The van der Waals surface area contributed by atoms with Gasteiger partial charge in [0, 0.05) is 43.5 Å². The van der Waals surface area contributed by atoms with Gasteiger partial charge in [-0.15, -0.1) is 0 Å². The number of nitro benzene ring substituents is 1. The fourth-order valence-electron chi connectivity index (χ4n) is 5.59. The van der Waals surface area contributed by atoms with Crippen molar-refractivity contribution >= 4 is 35.7 Å². The van der Waals surface area contributed by atoms with Gasteiger partial charge in [0.2, 0.25) is 17.6 Å². The van der Waals surface area contributed by atoms with Gasteiger partial charge in [0.25, 0.3) is 0 Å². The van der Waals surface area contributed by atoms with Crippen LogP contribution in [0.1, 0.15) is 37.5 Å². The average molecular weight is 812 g/mol. The van der Waals surface area contributed by atoms with Gasteiger partial charge in [0.05, 0.1) is 19.1 Å². The van der Waals surface area contributed by atoms with Crippen molar-refractivity contribution in [2.45, 2.75) is 63.8 Å². The number of amides is 4. The van der Waals surface area contributed by atoms with E-state index in [4.69, 9.17) is 18.9 Å². The molecule has 0 heterocycles. The van der Waals surface area contributed by atoms with Gasteiger partial charge in [-0.25, -0.2) is 14.4 Å². The molecule has 3 rings (SSSR count). The third-order valence-corrected chi connectivity index (χ3v) is 8.23. The molecule has 4 amide bonds. The number of phenols is 2. The summed E-state index contributed by atoms with van der Waals surface area (Å²) in [5.41, 5.74) is -0.727. The van der Waals surface area contributed by atoms with Gasteiger partial charge in [-0.3, -0.25) is 19.7 Å². The van der Waals surface area contributed by atoms with E-state index in [0.29, 0.717) is 5.56 Å². The summed E-state index contributed by atoms with van der Waals surface area (Å²) >= 11 is 0. The molecule has 0 aliphatic heterocycles. The molecule has 19 heteroatoms. The average Bonchev–Trinajstić information content (AvgIpc) is 3.16. The summed E-state index contributed by atoms with van der Waals surface area (Å²) in [6.07, 6.45) is -1.43. The van der Waals surface area contributed by atoms with E-state index >= 15 is 0 Å². The van der Waals surface area contributed by atoms with Crippen LogP contribution in [0.5, 0.6) is 17.2 Å². The Morgan fingerprint density at radius 1 is 0.845 bits per heavy atom. The highest BCUT2D eigenvalue weighted by atomic mass is 19.1. The van der Waals surface area contributed by atoms with Crippen molar-refractivity contribution in [3.8, 4) is 28.4 Å². The zero-order valence-electron chi connectivity index (χ0n) is 32.7. The number of methoxy groups -OCH3 is 2. The highest BCUT2D eigenvalue weighted by Crippen LogP contribution is 2.42. The van der Waals surface area contributed by atoms with Crippen LogP contribution in [0.15, 0.2) is 61.2 Å². The fraction of sp³-hybridized carbons (Fsp3) is 0.359. The van der Waals surface area contributed by atoms with Crippen LogP contribution in [0, 0.1) is 15.9 Å². The molecule has 3 atom stereocenters. The topological polar surface area (TPSA) is 254 Å². The number of nitro groups is 1. The largest absolute Gasteiger partial charge is 0.504 e. The van der Waals surface area contributed by atoms with Gasteiger partial charge in [-0.05, 0) is 67.8 Å². The van der Waals surface area contributed by atoms with E-state index in [1.54, 1.807) is 26.8 Å². The highest BCUT2D eigenvalue weighted by Gasteiger charge is 2.30. The van der Waals surface area contributed by atoms with E-state index in [-0.39, 0.29) is 53.9 Å². The number of carbonyl (C=O) groups excluding carboxylic acids is 5. The third kappa shape index (κ3) is 12.8. The number of benzene rings is 3. The van der Waals surface area contributed by atoms with Gasteiger partial charge in [-0.2, -0.15) is 4.39 Å². The zero-order valence-corrected chi connectivity index (χ0v) is 32.7. The Labute approximate surface area is 332 Å². The predicted octanol–water partition coefficient (Wildman–Crippen LogP) is 3.73. The number of nitrogens with zero attached hydrogens (tertiary/aromatic N) is 1. The standard InChI is InChI=1S/C39H46FN5O13/c1-8-13-57-37(51)43-28(35(49)42-27(34(48)41-5)16-22-9-11-26(40)30(19-22)45(53)54)18-23-15-25(33(47)31(46)20-23)24-14-21(10-12-32(24)55-6)17-29(36(50)56-7)44-38(52)58-39(2,3)4/h8-12,14-15,19-20,27-29,46-47H,1,13,16-18H2,2-7H3,(H,41,48)(H,42,49)(H,43,51)(H,44,52)/t27-,28-,29-/m0/s1. The first kappa shape index (κ1) is 45.5. The summed E-state index contributed by atoms with van der Waals surface area (Å²) in [6, 6.07) is 6.12. The van der Waals surface area contributed by atoms with E-state index in [1.165, 1.54) is 44.5 Å². The van der Waals surface area contributed by atoms with Gasteiger partial charge in [-0.1, -0.05) is 24.8 Å².